The molecule has 0 unspecified atom stereocenters. The smallest absolute Gasteiger partial charge is 0.333 e. The summed E-state index contributed by atoms with van der Waals surface area (Å²) in [6.07, 6.45) is 5.83. The van der Waals surface area contributed by atoms with Crippen LogP contribution >= 0.6 is 0 Å². The van der Waals surface area contributed by atoms with Crippen molar-refractivity contribution in [1.29, 1.82) is 0 Å². The number of ether oxygens (including phenoxy) is 1. The van der Waals surface area contributed by atoms with Crippen molar-refractivity contribution in [3.8, 4) is 0 Å². The first-order valence-corrected chi connectivity index (χ1v) is 10.7. The minimum Gasteiger partial charge on any atom is -0.463 e. The van der Waals surface area contributed by atoms with Crippen molar-refractivity contribution in [2.75, 3.05) is 6.61 Å². The Labute approximate surface area is 123 Å². The van der Waals surface area contributed by atoms with Crippen molar-refractivity contribution in [3.63, 3.8) is 0 Å². The van der Waals surface area contributed by atoms with Crippen LogP contribution in [0.25, 0.3) is 6.08 Å². The molecule has 0 amide bonds. The van der Waals surface area contributed by atoms with Crippen LogP contribution in [0.3, 0.4) is 0 Å². The first-order chi connectivity index (χ1) is 9.42. The quantitative estimate of drug-likeness (QED) is 0.333. The van der Waals surface area contributed by atoms with Gasteiger partial charge in [0.1, 0.15) is 0 Å². The zero-order chi connectivity index (χ0) is 15.0. The number of carbonyl (C=O) groups excluding carboxylic acids is 1. The Morgan fingerprint density at radius 1 is 1.20 bits per heavy atom. The second-order valence-electron chi connectivity index (χ2n) is 5.92. The van der Waals surface area contributed by atoms with Gasteiger partial charge in [-0.2, -0.15) is 0 Å². The lowest BCUT2D eigenvalue weighted by molar-refractivity contribution is -0.138. The second-order valence-corrected chi connectivity index (χ2v) is 11.4. The third kappa shape index (κ3) is 6.52. The van der Waals surface area contributed by atoms with Gasteiger partial charge >= 0.3 is 5.97 Å². The molecular weight excluding hydrogens is 264 g/mol. The third-order valence-electron chi connectivity index (χ3n) is 2.64. The Morgan fingerprint density at radius 3 is 2.40 bits per heavy atom. The number of benzene rings is 1. The molecule has 0 saturated heterocycles. The van der Waals surface area contributed by atoms with E-state index in [0.717, 1.165) is 17.2 Å². The van der Waals surface area contributed by atoms with Gasteiger partial charge in [0, 0.05) is 13.6 Å². The van der Waals surface area contributed by atoms with Gasteiger partial charge in [-0.3, -0.25) is 0 Å². The summed E-state index contributed by atoms with van der Waals surface area (Å²) in [6, 6.07) is 10.9. The molecule has 0 saturated carbocycles. The van der Waals surface area contributed by atoms with Crippen LogP contribution in [-0.2, 0) is 9.53 Å². The molecule has 1 rings (SSSR count). The van der Waals surface area contributed by atoms with Gasteiger partial charge in [0.2, 0.25) is 0 Å². The number of allylic oxidation sites excluding steroid dienone is 2. The molecule has 0 bridgehead atoms. The molecule has 2 nitrogen and oxygen atoms in total. The number of esters is 1. The van der Waals surface area contributed by atoms with Crippen molar-refractivity contribution >= 4 is 20.1 Å². The van der Waals surface area contributed by atoms with Gasteiger partial charge in [-0.1, -0.05) is 68.2 Å². The summed E-state index contributed by atoms with van der Waals surface area (Å²) in [5, 5.41) is 0. The van der Waals surface area contributed by atoms with Gasteiger partial charge in [-0.15, -0.1) is 0 Å². The standard InChI is InChI=1S/C17H24O2Si/c1-5-19-17(18)16(14-20(2,3)4)13-9-12-15-10-7-6-8-11-15/h6-13H,5,14H2,1-4H3/b12-9+,16-13+. The maximum Gasteiger partial charge on any atom is 0.333 e. The zero-order valence-corrected chi connectivity index (χ0v) is 13.8. The molecule has 0 N–H and O–H groups in total. The van der Waals surface area contributed by atoms with Gasteiger partial charge in [0.25, 0.3) is 0 Å². The Bertz CT molecular complexity index is 481. The predicted molar refractivity (Wildman–Crippen MR) is 88.3 cm³/mol. The molecule has 0 heterocycles. The predicted octanol–water partition coefficient (Wildman–Crippen LogP) is 4.53. The number of hydrogen-bond donors (Lipinski definition) is 0. The molecule has 0 aliphatic rings. The van der Waals surface area contributed by atoms with Crippen LogP contribution in [0.2, 0.25) is 25.7 Å². The molecule has 0 aliphatic heterocycles. The first kappa shape index (κ1) is 16.4. The van der Waals surface area contributed by atoms with E-state index in [1.165, 1.54) is 0 Å². The Kier molecular flexibility index (Phi) is 6.45. The minimum absolute atomic E-state index is 0.187. The fraction of sp³-hybridized carbons (Fsp3) is 0.353. The highest BCUT2D eigenvalue weighted by Gasteiger charge is 2.20. The molecule has 20 heavy (non-hydrogen) atoms. The normalized spacial score (nSPS) is 12.7. The third-order valence-corrected chi connectivity index (χ3v) is 4.09. The summed E-state index contributed by atoms with van der Waals surface area (Å²) in [5.74, 6) is -0.187. The van der Waals surface area contributed by atoms with Gasteiger partial charge in [0.05, 0.1) is 6.61 Å². The number of rotatable bonds is 6. The Balaban J connectivity index is 2.84. The van der Waals surface area contributed by atoms with E-state index in [-0.39, 0.29) is 5.97 Å². The minimum atomic E-state index is -1.34. The highest BCUT2D eigenvalue weighted by atomic mass is 28.3. The summed E-state index contributed by atoms with van der Waals surface area (Å²) in [7, 11) is -1.34. The Morgan fingerprint density at radius 2 is 1.85 bits per heavy atom. The van der Waals surface area contributed by atoms with E-state index >= 15 is 0 Å². The van der Waals surface area contributed by atoms with Gasteiger partial charge < -0.3 is 4.74 Å². The average molecular weight is 288 g/mol. The van der Waals surface area contributed by atoms with Crippen molar-refractivity contribution in [1.82, 2.24) is 0 Å². The molecule has 0 aliphatic carbocycles. The maximum atomic E-state index is 12.0. The van der Waals surface area contributed by atoms with Crippen LogP contribution in [0.4, 0.5) is 0 Å². The van der Waals surface area contributed by atoms with E-state index in [4.69, 9.17) is 4.74 Å². The summed E-state index contributed by atoms with van der Waals surface area (Å²) < 4.78 is 5.13. The summed E-state index contributed by atoms with van der Waals surface area (Å²) in [5.41, 5.74) is 1.90. The second kappa shape index (κ2) is 7.85. The van der Waals surface area contributed by atoms with E-state index in [2.05, 4.69) is 19.6 Å². The molecule has 1 aromatic carbocycles. The fourth-order valence-electron chi connectivity index (χ4n) is 1.83. The van der Waals surface area contributed by atoms with Crippen molar-refractivity contribution < 1.29 is 9.53 Å². The van der Waals surface area contributed by atoms with Crippen molar-refractivity contribution in [3.05, 3.63) is 53.6 Å². The van der Waals surface area contributed by atoms with E-state index in [9.17, 15) is 4.79 Å². The summed E-state index contributed by atoms with van der Waals surface area (Å²) in [4.78, 5) is 12.0. The molecule has 1 aromatic rings. The van der Waals surface area contributed by atoms with E-state index < -0.39 is 8.07 Å². The van der Waals surface area contributed by atoms with Crippen molar-refractivity contribution in [2.24, 2.45) is 0 Å². The molecule has 0 fully saturated rings. The van der Waals surface area contributed by atoms with Crippen LogP contribution < -0.4 is 0 Å². The first-order valence-electron chi connectivity index (χ1n) is 7.02. The maximum absolute atomic E-state index is 12.0. The zero-order valence-electron chi connectivity index (χ0n) is 12.8. The highest BCUT2D eigenvalue weighted by molar-refractivity contribution is 6.77. The Hall–Kier alpha value is -1.61. The van der Waals surface area contributed by atoms with E-state index in [0.29, 0.717) is 6.61 Å². The van der Waals surface area contributed by atoms with Crippen LogP contribution in [0.5, 0.6) is 0 Å². The molecule has 0 aromatic heterocycles. The molecule has 108 valence electrons. The summed E-state index contributed by atoms with van der Waals surface area (Å²) >= 11 is 0. The monoisotopic (exact) mass is 288 g/mol. The lowest BCUT2D eigenvalue weighted by atomic mass is 10.2. The molecule has 0 atom stereocenters. The van der Waals surface area contributed by atoms with Crippen LogP contribution in [-0.4, -0.2) is 20.7 Å². The van der Waals surface area contributed by atoms with Crippen LogP contribution in [0, 0.1) is 0 Å². The molecule has 3 heteroatoms. The van der Waals surface area contributed by atoms with Crippen LogP contribution in [0.15, 0.2) is 48.1 Å². The fourth-order valence-corrected chi connectivity index (χ4v) is 3.24. The molecular formula is C17H24O2Si. The average Bonchev–Trinajstić information content (AvgIpc) is 2.37. The lowest BCUT2D eigenvalue weighted by Gasteiger charge is -2.17. The van der Waals surface area contributed by atoms with E-state index in [1.54, 1.807) is 0 Å². The lowest BCUT2D eigenvalue weighted by Crippen LogP contribution is -2.23. The van der Waals surface area contributed by atoms with Gasteiger partial charge in [-0.05, 0) is 18.5 Å². The molecule has 0 radical (unpaired) electrons. The summed E-state index contributed by atoms with van der Waals surface area (Å²) in [6.45, 7) is 9.01. The van der Waals surface area contributed by atoms with Crippen molar-refractivity contribution in [2.45, 2.75) is 32.6 Å². The SMILES string of the molecule is CCOC(=O)/C(=C/C=C/c1ccccc1)C[Si](C)(C)C. The van der Waals surface area contributed by atoms with Gasteiger partial charge in [-0.25, -0.2) is 4.79 Å². The topological polar surface area (TPSA) is 26.3 Å². The number of hydrogen-bond acceptors (Lipinski definition) is 2. The van der Waals surface area contributed by atoms with E-state index in [1.807, 2.05) is 55.5 Å². The largest absolute Gasteiger partial charge is 0.463 e. The molecule has 0 spiro atoms. The number of carbonyl (C=O) groups is 1. The van der Waals surface area contributed by atoms with Crippen LogP contribution in [0.1, 0.15) is 12.5 Å². The van der Waals surface area contributed by atoms with Gasteiger partial charge in [0.15, 0.2) is 0 Å². The highest BCUT2D eigenvalue weighted by Crippen LogP contribution is 2.18.